The van der Waals surface area contributed by atoms with Gasteiger partial charge in [-0.15, -0.1) is 0 Å². The number of nitrogens with zero attached hydrogens (tertiary/aromatic N) is 1. The van der Waals surface area contributed by atoms with Crippen molar-refractivity contribution < 1.29 is 14.7 Å². The van der Waals surface area contributed by atoms with Gasteiger partial charge in [0.15, 0.2) is 0 Å². The van der Waals surface area contributed by atoms with Crippen molar-refractivity contribution in [2.24, 2.45) is 11.8 Å². The zero-order valence-electron chi connectivity index (χ0n) is 12.1. The topological polar surface area (TPSA) is 69.6 Å². The van der Waals surface area contributed by atoms with Crippen molar-refractivity contribution in [1.29, 1.82) is 0 Å². The highest BCUT2D eigenvalue weighted by Crippen LogP contribution is 2.27. The van der Waals surface area contributed by atoms with Gasteiger partial charge >= 0.3 is 12.0 Å². The third kappa shape index (κ3) is 4.69. The van der Waals surface area contributed by atoms with E-state index in [1.54, 1.807) is 0 Å². The molecule has 5 nitrogen and oxygen atoms in total. The number of amides is 2. The normalized spacial score (nSPS) is 21.1. The maximum Gasteiger partial charge on any atom is 0.317 e. The molecular formula is C15H26N2O3. The van der Waals surface area contributed by atoms with E-state index in [0.29, 0.717) is 13.1 Å². The molecule has 1 saturated carbocycles. The van der Waals surface area contributed by atoms with Crippen LogP contribution in [0.15, 0.2) is 0 Å². The number of nitrogens with one attached hydrogen (secondary N) is 1. The summed E-state index contributed by atoms with van der Waals surface area (Å²) in [5, 5.41) is 11.8. The van der Waals surface area contributed by atoms with Crippen LogP contribution in [0.3, 0.4) is 0 Å². The molecule has 0 unspecified atom stereocenters. The number of carboxylic acids is 1. The average Bonchev–Trinajstić information content (AvgIpc) is 2.92. The van der Waals surface area contributed by atoms with Crippen LogP contribution in [-0.4, -0.2) is 41.6 Å². The maximum atomic E-state index is 12.0. The highest BCUT2D eigenvalue weighted by atomic mass is 16.4. The lowest BCUT2D eigenvalue weighted by molar-refractivity contribution is -0.138. The number of likely N-dealkylation sites (tertiary alicyclic amines) is 1. The number of hydrogen-bond acceptors (Lipinski definition) is 2. The van der Waals surface area contributed by atoms with Crippen molar-refractivity contribution in [2.75, 3.05) is 19.6 Å². The van der Waals surface area contributed by atoms with Gasteiger partial charge in [0.2, 0.25) is 0 Å². The Balaban J connectivity index is 1.60. The first kappa shape index (κ1) is 15.1. The number of carbonyl (C=O) groups excluding carboxylic acids is 1. The van der Waals surface area contributed by atoms with Gasteiger partial charge in [0.25, 0.3) is 0 Å². The minimum Gasteiger partial charge on any atom is -0.481 e. The number of aliphatic carboxylic acids is 1. The van der Waals surface area contributed by atoms with E-state index >= 15 is 0 Å². The summed E-state index contributed by atoms with van der Waals surface area (Å²) in [6.07, 6.45) is 8.27. The summed E-state index contributed by atoms with van der Waals surface area (Å²) in [6, 6.07) is 0.0248. The van der Waals surface area contributed by atoms with E-state index in [4.69, 9.17) is 5.11 Å². The fraction of sp³-hybridized carbons (Fsp3) is 0.867. The molecule has 2 amide bonds. The first-order chi connectivity index (χ1) is 9.65. The number of carbonyl (C=O) groups is 2. The Hall–Kier alpha value is -1.26. The third-order valence-electron chi connectivity index (χ3n) is 4.67. The molecule has 0 aromatic rings. The van der Waals surface area contributed by atoms with Gasteiger partial charge in [0.05, 0.1) is 0 Å². The van der Waals surface area contributed by atoms with Crippen LogP contribution >= 0.6 is 0 Å². The standard InChI is InChI=1S/C15H26N2O3/c18-14(19)11-13-6-9-17(10-7-13)15(20)16-8-5-12-3-1-2-4-12/h12-13H,1-11H2,(H,16,20)(H,18,19). The van der Waals surface area contributed by atoms with Crippen LogP contribution in [0.4, 0.5) is 4.79 Å². The highest BCUT2D eigenvalue weighted by Gasteiger charge is 2.24. The molecule has 5 heteroatoms. The molecule has 20 heavy (non-hydrogen) atoms. The first-order valence-electron chi connectivity index (χ1n) is 7.89. The summed E-state index contributed by atoms with van der Waals surface area (Å²) < 4.78 is 0. The highest BCUT2D eigenvalue weighted by molar-refractivity contribution is 5.74. The molecule has 0 aromatic heterocycles. The molecule has 114 valence electrons. The van der Waals surface area contributed by atoms with Gasteiger partial charge in [0, 0.05) is 26.1 Å². The summed E-state index contributed by atoms with van der Waals surface area (Å²) >= 11 is 0. The molecule has 1 aliphatic carbocycles. The summed E-state index contributed by atoms with van der Waals surface area (Å²) in [7, 11) is 0. The molecule has 2 fully saturated rings. The quantitative estimate of drug-likeness (QED) is 0.814. The molecule has 2 N–H and O–H groups in total. The van der Waals surface area contributed by atoms with Gasteiger partial charge in [-0.3, -0.25) is 4.79 Å². The predicted molar refractivity (Wildman–Crippen MR) is 76.5 cm³/mol. The van der Waals surface area contributed by atoms with Gasteiger partial charge in [-0.2, -0.15) is 0 Å². The second-order valence-electron chi connectivity index (χ2n) is 6.20. The number of piperidine rings is 1. The first-order valence-corrected chi connectivity index (χ1v) is 7.89. The summed E-state index contributed by atoms with van der Waals surface area (Å²) in [4.78, 5) is 24.5. The van der Waals surface area contributed by atoms with Crippen LogP contribution in [0.2, 0.25) is 0 Å². The number of hydrogen-bond donors (Lipinski definition) is 2. The SMILES string of the molecule is O=C(O)CC1CCN(C(=O)NCCC2CCCC2)CC1. The molecule has 0 bridgehead atoms. The maximum absolute atomic E-state index is 12.0. The van der Waals surface area contributed by atoms with Crippen molar-refractivity contribution in [1.82, 2.24) is 10.2 Å². The fourth-order valence-electron chi connectivity index (χ4n) is 3.38. The summed E-state index contributed by atoms with van der Waals surface area (Å²) in [6.45, 7) is 2.15. The van der Waals surface area contributed by atoms with E-state index in [2.05, 4.69) is 5.32 Å². The van der Waals surface area contributed by atoms with E-state index in [1.165, 1.54) is 25.7 Å². The van der Waals surface area contributed by atoms with Crippen LogP contribution < -0.4 is 5.32 Å². The minimum atomic E-state index is -0.732. The van der Waals surface area contributed by atoms with Crippen LogP contribution in [0.1, 0.15) is 51.4 Å². The Morgan fingerprint density at radius 1 is 1.05 bits per heavy atom. The Labute approximate surface area is 120 Å². The number of carboxylic acid groups (broad SMARTS) is 1. The van der Waals surface area contributed by atoms with E-state index in [9.17, 15) is 9.59 Å². The summed E-state index contributed by atoms with van der Waals surface area (Å²) in [5.74, 6) is 0.302. The molecule has 0 spiro atoms. The number of rotatable bonds is 5. The molecule has 2 rings (SSSR count). The van der Waals surface area contributed by atoms with Crippen LogP contribution in [0.5, 0.6) is 0 Å². The van der Waals surface area contributed by atoms with Crippen molar-refractivity contribution in [2.45, 2.75) is 51.4 Å². The summed E-state index contributed by atoms with van der Waals surface area (Å²) in [5.41, 5.74) is 0. The zero-order valence-corrected chi connectivity index (χ0v) is 12.1. The molecule has 0 radical (unpaired) electrons. The van der Waals surface area contributed by atoms with Crippen LogP contribution in [0, 0.1) is 11.8 Å². The molecular weight excluding hydrogens is 256 g/mol. The molecule has 0 atom stereocenters. The largest absolute Gasteiger partial charge is 0.481 e. The lowest BCUT2D eigenvalue weighted by Gasteiger charge is -2.31. The van der Waals surface area contributed by atoms with Gasteiger partial charge < -0.3 is 15.3 Å². The van der Waals surface area contributed by atoms with Crippen molar-refractivity contribution in [3.8, 4) is 0 Å². The number of urea groups is 1. The Kier molecular flexibility index (Phi) is 5.68. The lowest BCUT2D eigenvalue weighted by Crippen LogP contribution is -2.45. The minimum absolute atomic E-state index is 0.0248. The van der Waals surface area contributed by atoms with Gasteiger partial charge in [-0.1, -0.05) is 25.7 Å². The second-order valence-corrected chi connectivity index (χ2v) is 6.20. The fourth-order valence-corrected chi connectivity index (χ4v) is 3.38. The zero-order chi connectivity index (χ0) is 14.4. The average molecular weight is 282 g/mol. The van der Waals surface area contributed by atoms with Crippen LogP contribution in [0.25, 0.3) is 0 Å². The molecule has 1 heterocycles. The van der Waals surface area contributed by atoms with Crippen LogP contribution in [-0.2, 0) is 4.79 Å². The van der Waals surface area contributed by atoms with Crippen molar-refractivity contribution in [3.63, 3.8) is 0 Å². The predicted octanol–water partition coefficient (Wildman–Crippen LogP) is 2.46. The monoisotopic (exact) mass is 282 g/mol. The van der Waals surface area contributed by atoms with E-state index in [-0.39, 0.29) is 18.4 Å². The van der Waals surface area contributed by atoms with E-state index in [1.807, 2.05) is 4.90 Å². The van der Waals surface area contributed by atoms with Gasteiger partial charge in [0.1, 0.15) is 0 Å². The van der Waals surface area contributed by atoms with E-state index in [0.717, 1.165) is 31.7 Å². The smallest absolute Gasteiger partial charge is 0.317 e. The molecule has 1 saturated heterocycles. The third-order valence-corrected chi connectivity index (χ3v) is 4.67. The second kappa shape index (κ2) is 7.50. The van der Waals surface area contributed by atoms with Gasteiger partial charge in [-0.05, 0) is 31.1 Å². The van der Waals surface area contributed by atoms with Crippen molar-refractivity contribution >= 4 is 12.0 Å². The Bertz CT molecular complexity index is 332. The Morgan fingerprint density at radius 2 is 1.70 bits per heavy atom. The Morgan fingerprint density at radius 3 is 2.30 bits per heavy atom. The molecule has 0 aromatic carbocycles. The van der Waals surface area contributed by atoms with E-state index < -0.39 is 5.97 Å². The lowest BCUT2D eigenvalue weighted by atomic mass is 9.94. The molecule has 1 aliphatic heterocycles. The van der Waals surface area contributed by atoms with Crippen molar-refractivity contribution in [3.05, 3.63) is 0 Å². The van der Waals surface area contributed by atoms with Gasteiger partial charge in [-0.25, -0.2) is 4.79 Å². The molecule has 2 aliphatic rings.